The minimum atomic E-state index is -0.0458. The van der Waals surface area contributed by atoms with E-state index in [1.807, 2.05) is 17.0 Å². The van der Waals surface area contributed by atoms with Crippen molar-refractivity contribution in [3.63, 3.8) is 0 Å². The fourth-order valence-electron chi connectivity index (χ4n) is 4.04. The number of likely N-dealkylation sites (tertiary alicyclic amines) is 1. The lowest BCUT2D eigenvalue weighted by Gasteiger charge is -2.50. The average Bonchev–Trinajstić information content (AvgIpc) is 3.45. The van der Waals surface area contributed by atoms with E-state index in [2.05, 4.69) is 4.98 Å². The molecule has 0 spiro atoms. The van der Waals surface area contributed by atoms with Crippen LogP contribution >= 0.6 is 0 Å². The first kappa shape index (κ1) is 16.0. The zero-order valence-corrected chi connectivity index (χ0v) is 14.2. The van der Waals surface area contributed by atoms with Gasteiger partial charge in [-0.2, -0.15) is 0 Å². The Morgan fingerprint density at radius 2 is 2.29 bits per heavy atom. The van der Waals surface area contributed by atoms with Crippen molar-refractivity contribution in [3.05, 3.63) is 30.1 Å². The van der Waals surface area contributed by atoms with Crippen LogP contribution in [0.5, 0.6) is 0 Å². The summed E-state index contributed by atoms with van der Waals surface area (Å²) >= 11 is 0. The van der Waals surface area contributed by atoms with E-state index in [9.17, 15) is 4.79 Å². The Hall–Kier alpha value is -1.46. The second kappa shape index (κ2) is 6.81. The fraction of sp³-hybridized carbons (Fsp3) is 0.684. The summed E-state index contributed by atoms with van der Waals surface area (Å²) < 4.78 is 12.1. The number of aromatic nitrogens is 1. The van der Waals surface area contributed by atoms with E-state index in [1.165, 1.54) is 12.8 Å². The first-order chi connectivity index (χ1) is 11.8. The van der Waals surface area contributed by atoms with Gasteiger partial charge in [0.1, 0.15) is 5.69 Å². The van der Waals surface area contributed by atoms with E-state index in [-0.39, 0.29) is 17.4 Å². The number of ether oxygens (including phenoxy) is 2. The highest BCUT2D eigenvalue weighted by atomic mass is 16.5. The van der Waals surface area contributed by atoms with Crippen molar-refractivity contribution in [2.75, 3.05) is 32.9 Å². The number of hydrogen-bond donors (Lipinski definition) is 0. The number of pyridine rings is 1. The summed E-state index contributed by atoms with van der Waals surface area (Å²) in [4.78, 5) is 19.0. The quantitative estimate of drug-likeness (QED) is 0.832. The average molecular weight is 330 g/mol. The summed E-state index contributed by atoms with van der Waals surface area (Å²) in [6.07, 6.45) is 7.53. The van der Waals surface area contributed by atoms with Gasteiger partial charge < -0.3 is 14.4 Å². The SMILES string of the molecule is O=C(c1ccccn1)N1CC[C@H]2OCCC[C@@]2(COCC2CC2)C1. The number of hydrogen-bond acceptors (Lipinski definition) is 4. The molecule has 0 unspecified atom stereocenters. The highest BCUT2D eigenvalue weighted by molar-refractivity contribution is 5.92. The summed E-state index contributed by atoms with van der Waals surface area (Å²) in [7, 11) is 0. The predicted octanol–water partition coefficient (Wildman–Crippen LogP) is 2.52. The number of nitrogens with zero attached hydrogens (tertiary/aromatic N) is 2. The lowest BCUT2D eigenvalue weighted by Crippen LogP contribution is -2.58. The molecule has 2 aliphatic heterocycles. The third-order valence-corrected chi connectivity index (χ3v) is 5.60. The largest absolute Gasteiger partial charge is 0.380 e. The molecule has 2 atom stereocenters. The van der Waals surface area contributed by atoms with Crippen LogP contribution in [-0.2, 0) is 9.47 Å². The Balaban J connectivity index is 1.46. The highest BCUT2D eigenvalue weighted by Gasteiger charge is 2.47. The van der Waals surface area contributed by atoms with E-state index >= 15 is 0 Å². The monoisotopic (exact) mass is 330 g/mol. The first-order valence-electron chi connectivity index (χ1n) is 9.16. The molecule has 24 heavy (non-hydrogen) atoms. The molecule has 0 radical (unpaired) electrons. The van der Waals surface area contributed by atoms with Gasteiger partial charge >= 0.3 is 0 Å². The Bertz CT molecular complexity index is 575. The van der Waals surface area contributed by atoms with Crippen LogP contribution in [0.1, 0.15) is 42.6 Å². The molecular weight excluding hydrogens is 304 g/mol. The number of carbonyl (C=O) groups is 1. The van der Waals surface area contributed by atoms with Crippen molar-refractivity contribution in [2.45, 2.75) is 38.2 Å². The van der Waals surface area contributed by atoms with Crippen LogP contribution in [0.15, 0.2) is 24.4 Å². The molecular formula is C19H26N2O3. The molecule has 1 aliphatic carbocycles. The normalized spacial score (nSPS) is 30.0. The fourth-order valence-corrected chi connectivity index (χ4v) is 4.04. The van der Waals surface area contributed by atoms with E-state index in [1.54, 1.807) is 12.3 Å². The van der Waals surface area contributed by atoms with Crippen molar-refractivity contribution >= 4 is 5.91 Å². The molecule has 1 aromatic rings. The molecule has 2 saturated heterocycles. The van der Waals surface area contributed by atoms with Gasteiger partial charge in [-0.3, -0.25) is 9.78 Å². The van der Waals surface area contributed by atoms with Crippen molar-refractivity contribution in [3.8, 4) is 0 Å². The number of carbonyl (C=O) groups excluding carboxylic acids is 1. The molecule has 5 heteroatoms. The molecule has 3 heterocycles. The molecule has 1 amide bonds. The molecule has 3 fully saturated rings. The molecule has 5 nitrogen and oxygen atoms in total. The minimum absolute atomic E-state index is 0.0289. The number of amides is 1. The van der Waals surface area contributed by atoms with Gasteiger partial charge in [0.15, 0.2) is 0 Å². The van der Waals surface area contributed by atoms with Crippen LogP contribution in [0, 0.1) is 11.3 Å². The maximum Gasteiger partial charge on any atom is 0.272 e. The van der Waals surface area contributed by atoms with E-state index in [4.69, 9.17) is 9.47 Å². The molecule has 130 valence electrons. The number of piperidine rings is 1. The Morgan fingerprint density at radius 1 is 1.38 bits per heavy atom. The Labute approximate surface area is 143 Å². The topological polar surface area (TPSA) is 51.7 Å². The molecule has 0 aromatic carbocycles. The standard InChI is InChI=1S/C19H26N2O3/c22-18(16-4-1-2-9-20-16)21-10-7-17-19(13-21,8-3-11-24-17)14-23-12-15-5-6-15/h1-2,4,9,15,17H,3,5-8,10-14H2/t17-,19+/m1/s1. The van der Waals surface area contributed by atoms with Crippen molar-refractivity contribution in [2.24, 2.45) is 11.3 Å². The van der Waals surface area contributed by atoms with Gasteiger partial charge in [0.05, 0.1) is 12.7 Å². The Kier molecular flexibility index (Phi) is 4.55. The smallest absolute Gasteiger partial charge is 0.272 e. The van der Waals surface area contributed by atoms with Gasteiger partial charge in [-0.25, -0.2) is 0 Å². The lowest BCUT2D eigenvalue weighted by molar-refractivity contribution is -0.147. The summed E-state index contributed by atoms with van der Waals surface area (Å²) in [6.45, 7) is 3.87. The third kappa shape index (κ3) is 3.33. The van der Waals surface area contributed by atoms with Gasteiger partial charge in [0.2, 0.25) is 0 Å². The van der Waals surface area contributed by atoms with E-state index < -0.39 is 0 Å². The number of rotatable bonds is 5. The summed E-state index contributed by atoms with van der Waals surface area (Å²) in [6, 6.07) is 5.50. The molecule has 0 N–H and O–H groups in total. The van der Waals surface area contributed by atoms with Crippen LogP contribution < -0.4 is 0 Å². The van der Waals surface area contributed by atoms with Crippen LogP contribution in [0.3, 0.4) is 0 Å². The highest BCUT2D eigenvalue weighted by Crippen LogP contribution is 2.41. The predicted molar refractivity (Wildman–Crippen MR) is 89.7 cm³/mol. The Morgan fingerprint density at radius 3 is 3.08 bits per heavy atom. The zero-order chi connectivity index (χ0) is 16.4. The summed E-state index contributed by atoms with van der Waals surface area (Å²) in [5.41, 5.74) is 0.484. The minimum Gasteiger partial charge on any atom is -0.380 e. The summed E-state index contributed by atoms with van der Waals surface area (Å²) in [5, 5.41) is 0. The van der Waals surface area contributed by atoms with E-state index in [0.717, 1.165) is 51.5 Å². The van der Waals surface area contributed by atoms with Gasteiger partial charge in [-0.05, 0) is 50.2 Å². The van der Waals surface area contributed by atoms with Crippen LogP contribution in [0.4, 0.5) is 0 Å². The van der Waals surface area contributed by atoms with Crippen LogP contribution in [0.2, 0.25) is 0 Å². The van der Waals surface area contributed by atoms with Gasteiger partial charge in [-0.1, -0.05) is 6.07 Å². The van der Waals surface area contributed by atoms with Gasteiger partial charge in [0, 0.05) is 37.9 Å². The molecule has 4 rings (SSSR count). The van der Waals surface area contributed by atoms with Crippen LogP contribution in [0.25, 0.3) is 0 Å². The second-order valence-electron chi connectivity index (χ2n) is 7.51. The van der Waals surface area contributed by atoms with Gasteiger partial charge in [-0.15, -0.1) is 0 Å². The number of fused-ring (bicyclic) bond motifs is 1. The summed E-state index contributed by atoms with van der Waals surface area (Å²) in [5.74, 6) is 0.792. The first-order valence-corrected chi connectivity index (χ1v) is 9.16. The maximum absolute atomic E-state index is 12.8. The zero-order valence-electron chi connectivity index (χ0n) is 14.2. The molecule has 1 saturated carbocycles. The van der Waals surface area contributed by atoms with Crippen molar-refractivity contribution < 1.29 is 14.3 Å². The third-order valence-electron chi connectivity index (χ3n) is 5.60. The second-order valence-corrected chi connectivity index (χ2v) is 7.51. The lowest BCUT2D eigenvalue weighted by atomic mass is 9.73. The molecule has 1 aromatic heterocycles. The maximum atomic E-state index is 12.8. The molecule has 0 bridgehead atoms. The molecule has 3 aliphatic rings. The van der Waals surface area contributed by atoms with E-state index in [0.29, 0.717) is 12.3 Å². The van der Waals surface area contributed by atoms with Crippen molar-refractivity contribution in [1.29, 1.82) is 0 Å². The van der Waals surface area contributed by atoms with Gasteiger partial charge in [0.25, 0.3) is 5.91 Å². The van der Waals surface area contributed by atoms with Crippen LogP contribution in [-0.4, -0.2) is 54.8 Å². The van der Waals surface area contributed by atoms with Crippen molar-refractivity contribution in [1.82, 2.24) is 9.88 Å².